The van der Waals surface area contributed by atoms with Crippen LogP contribution in [0.2, 0.25) is 0 Å². The predicted octanol–water partition coefficient (Wildman–Crippen LogP) is 2.77. The Morgan fingerprint density at radius 1 is 1.35 bits per heavy atom. The number of hydrogen-bond donors (Lipinski definition) is 3. The van der Waals surface area contributed by atoms with Crippen molar-refractivity contribution in [2.45, 2.75) is 37.8 Å². The summed E-state index contributed by atoms with van der Waals surface area (Å²) in [5, 5.41) is 4.21. The molecule has 2 aliphatic rings. The number of aromatic nitrogens is 2. The van der Waals surface area contributed by atoms with E-state index in [0.29, 0.717) is 0 Å². The van der Waals surface area contributed by atoms with E-state index < -0.39 is 0 Å². The van der Waals surface area contributed by atoms with E-state index in [-0.39, 0.29) is 30.4 Å². The fraction of sp³-hybridized carbons (Fsp3) is 0.444. The summed E-state index contributed by atoms with van der Waals surface area (Å²) >= 11 is 1.61. The lowest BCUT2D eigenvalue weighted by Gasteiger charge is -2.31. The Labute approximate surface area is 163 Å². The van der Waals surface area contributed by atoms with Gasteiger partial charge in [-0.05, 0) is 25.0 Å². The van der Waals surface area contributed by atoms with Gasteiger partial charge in [0.2, 0.25) is 0 Å². The summed E-state index contributed by atoms with van der Waals surface area (Å²) in [6, 6.07) is 4.18. The number of anilines is 1. The molecule has 0 bridgehead atoms. The number of halogens is 1. The molecule has 3 heterocycles. The highest BCUT2D eigenvalue weighted by atomic mass is 35.5. The second kappa shape index (κ2) is 8.33. The maximum absolute atomic E-state index is 12.7. The summed E-state index contributed by atoms with van der Waals surface area (Å²) in [5.41, 5.74) is 8.10. The Balaban J connectivity index is 0.00000196. The third-order valence-electron chi connectivity index (χ3n) is 4.97. The van der Waals surface area contributed by atoms with Gasteiger partial charge in [0.1, 0.15) is 5.65 Å². The van der Waals surface area contributed by atoms with Crippen molar-refractivity contribution in [3.8, 4) is 0 Å². The van der Waals surface area contributed by atoms with E-state index in [1.807, 2.05) is 24.5 Å². The van der Waals surface area contributed by atoms with Crippen molar-refractivity contribution in [1.29, 1.82) is 0 Å². The van der Waals surface area contributed by atoms with Crippen LogP contribution in [0, 0.1) is 0 Å². The first-order valence-electron chi connectivity index (χ1n) is 8.82. The summed E-state index contributed by atoms with van der Waals surface area (Å²) in [7, 11) is 0. The zero-order valence-electron chi connectivity index (χ0n) is 14.5. The lowest BCUT2D eigenvalue weighted by molar-refractivity contribution is -0.117. The second-order valence-corrected chi connectivity index (χ2v) is 7.77. The van der Waals surface area contributed by atoms with E-state index >= 15 is 0 Å². The molecule has 0 spiro atoms. The quantitative estimate of drug-likeness (QED) is 0.746. The first-order chi connectivity index (χ1) is 12.2. The Kier molecular flexibility index (Phi) is 6.11. The van der Waals surface area contributed by atoms with Gasteiger partial charge in [0, 0.05) is 48.4 Å². The lowest BCUT2D eigenvalue weighted by atomic mass is 9.91. The molecule has 1 saturated carbocycles. The summed E-state index contributed by atoms with van der Waals surface area (Å²) in [6.07, 6.45) is 9.91. The SMILES string of the molecule is Cl.N[C@H]1CCCC[C@H]1NC(=O)C1=CN(c2ccnc3[nH]ccc23)CCS1. The maximum atomic E-state index is 12.7. The van der Waals surface area contributed by atoms with Crippen molar-refractivity contribution < 1.29 is 4.79 Å². The molecule has 26 heavy (non-hydrogen) atoms. The van der Waals surface area contributed by atoms with Crippen LogP contribution < -0.4 is 16.0 Å². The monoisotopic (exact) mass is 393 g/mol. The van der Waals surface area contributed by atoms with Gasteiger partial charge >= 0.3 is 0 Å². The molecule has 2 aromatic heterocycles. The number of rotatable bonds is 3. The number of pyridine rings is 1. The minimum atomic E-state index is -0.00332. The molecule has 0 unspecified atom stereocenters. The number of aromatic amines is 1. The van der Waals surface area contributed by atoms with Crippen molar-refractivity contribution in [3.63, 3.8) is 0 Å². The predicted molar refractivity (Wildman–Crippen MR) is 110 cm³/mol. The number of thioether (sulfide) groups is 1. The molecule has 1 aliphatic heterocycles. The first-order valence-corrected chi connectivity index (χ1v) is 9.81. The molecule has 1 fully saturated rings. The molecule has 2 atom stereocenters. The largest absolute Gasteiger partial charge is 0.347 e. The van der Waals surface area contributed by atoms with Crippen LogP contribution in [0.5, 0.6) is 0 Å². The molecule has 140 valence electrons. The standard InChI is InChI=1S/C18H23N5OS.ClH/c19-13-3-1-2-4-14(13)22-18(24)16-11-23(9-10-25-16)15-6-8-21-17-12(15)5-7-20-17;/h5-8,11,13-14H,1-4,9-10,19H2,(H,20,21)(H,22,24);1H/t13-,14+;/m0./s1. The Bertz CT molecular complexity index is 808. The normalized spacial score (nSPS) is 23.3. The minimum Gasteiger partial charge on any atom is -0.347 e. The smallest absolute Gasteiger partial charge is 0.259 e. The number of amides is 1. The second-order valence-electron chi connectivity index (χ2n) is 6.63. The van der Waals surface area contributed by atoms with Gasteiger partial charge in [0.15, 0.2) is 0 Å². The average molecular weight is 394 g/mol. The van der Waals surface area contributed by atoms with Gasteiger partial charge in [-0.15, -0.1) is 24.2 Å². The molecule has 0 saturated heterocycles. The molecular formula is C18H24ClN5OS. The fourth-order valence-corrected chi connectivity index (χ4v) is 4.49. The van der Waals surface area contributed by atoms with Crippen LogP contribution in [-0.4, -0.2) is 40.3 Å². The van der Waals surface area contributed by atoms with E-state index in [2.05, 4.69) is 20.2 Å². The van der Waals surface area contributed by atoms with Crippen LogP contribution >= 0.6 is 24.2 Å². The van der Waals surface area contributed by atoms with Crippen LogP contribution in [0.25, 0.3) is 11.0 Å². The van der Waals surface area contributed by atoms with Gasteiger partial charge in [-0.2, -0.15) is 0 Å². The molecule has 0 radical (unpaired) electrons. The van der Waals surface area contributed by atoms with Crippen LogP contribution in [0.4, 0.5) is 5.69 Å². The molecule has 8 heteroatoms. The Morgan fingerprint density at radius 3 is 3.04 bits per heavy atom. The third-order valence-corrected chi connectivity index (χ3v) is 5.96. The molecule has 4 rings (SSSR count). The first kappa shape index (κ1) is 19.1. The zero-order valence-corrected chi connectivity index (χ0v) is 16.1. The number of carbonyl (C=O) groups excluding carboxylic acids is 1. The van der Waals surface area contributed by atoms with Gasteiger partial charge in [0.05, 0.1) is 10.6 Å². The summed E-state index contributed by atoms with van der Waals surface area (Å²) in [6.45, 7) is 0.870. The molecule has 0 aromatic carbocycles. The number of nitrogens with two attached hydrogens (primary N) is 1. The highest BCUT2D eigenvalue weighted by Gasteiger charge is 2.26. The van der Waals surface area contributed by atoms with Gasteiger partial charge in [-0.1, -0.05) is 12.8 Å². The number of H-pyrrole nitrogens is 1. The van der Waals surface area contributed by atoms with Crippen LogP contribution in [0.1, 0.15) is 25.7 Å². The summed E-state index contributed by atoms with van der Waals surface area (Å²) < 4.78 is 0. The number of fused-ring (bicyclic) bond motifs is 1. The molecule has 6 nitrogen and oxygen atoms in total. The Hall–Kier alpha value is -1.70. The Morgan fingerprint density at radius 2 is 2.19 bits per heavy atom. The number of nitrogens with one attached hydrogen (secondary N) is 2. The van der Waals surface area contributed by atoms with Crippen molar-refractivity contribution in [2.24, 2.45) is 5.73 Å². The van der Waals surface area contributed by atoms with E-state index in [4.69, 9.17) is 5.73 Å². The number of nitrogens with zero attached hydrogens (tertiary/aromatic N) is 2. The fourth-order valence-electron chi connectivity index (χ4n) is 3.59. The molecule has 4 N–H and O–H groups in total. The average Bonchev–Trinajstić information content (AvgIpc) is 3.12. The molecule has 1 amide bonds. The molecule has 1 aliphatic carbocycles. The van der Waals surface area contributed by atoms with Crippen LogP contribution in [-0.2, 0) is 4.79 Å². The van der Waals surface area contributed by atoms with Crippen molar-refractivity contribution in [2.75, 3.05) is 17.2 Å². The van der Waals surface area contributed by atoms with E-state index in [0.717, 1.165) is 59.6 Å². The van der Waals surface area contributed by atoms with E-state index in [1.54, 1.807) is 18.0 Å². The van der Waals surface area contributed by atoms with Crippen molar-refractivity contribution in [3.05, 3.63) is 35.6 Å². The topological polar surface area (TPSA) is 87.0 Å². The lowest BCUT2D eigenvalue weighted by Crippen LogP contribution is -2.49. The molecular weight excluding hydrogens is 370 g/mol. The van der Waals surface area contributed by atoms with Gasteiger partial charge in [-0.3, -0.25) is 4.79 Å². The zero-order chi connectivity index (χ0) is 17.2. The third kappa shape index (κ3) is 3.84. The maximum Gasteiger partial charge on any atom is 0.259 e. The number of hydrogen-bond acceptors (Lipinski definition) is 5. The van der Waals surface area contributed by atoms with E-state index in [1.165, 1.54) is 0 Å². The summed E-state index contributed by atoms with van der Waals surface area (Å²) in [5.74, 6) is 0.876. The minimum absolute atomic E-state index is 0. The molecule has 2 aromatic rings. The summed E-state index contributed by atoms with van der Waals surface area (Å²) in [4.78, 5) is 23.1. The highest BCUT2D eigenvalue weighted by molar-refractivity contribution is 8.04. The van der Waals surface area contributed by atoms with Crippen LogP contribution in [0.3, 0.4) is 0 Å². The van der Waals surface area contributed by atoms with Gasteiger partial charge in [-0.25, -0.2) is 4.98 Å². The van der Waals surface area contributed by atoms with Gasteiger partial charge in [0.25, 0.3) is 5.91 Å². The van der Waals surface area contributed by atoms with E-state index in [9.17, 15) is 4.79 Å². The van der Waals surface area contributed by atoms with Crippen molar-refractivity contribution >= 4 is 46.8 Å². The van der Waals surface area contributed by atoms with Gasteiger partial charge < -0.3 is 20.9 Å². The van der Waals surface area contributed by atoms with Crippen molar-refractivity contribution in [1.82, 2.24) is 15.3 Å². The number of carbonyl (C=O) groups is 1. The highest BCUT2D eigenvalue weighted by Crippen LogP contribution is 2.30. The van der Waals surface area contributed by atoms with Crippen LogP contribution in [0.15, 0.2) is 35.6 Å².